The van der Waals surface area contributed by atoms with Gasteiger partial charge in [-0.3, -0.25) is 4.72 Å². The van der Waals surface area contributed by atoms with Crippen molar-refractivity contribution in [2.75, 3.05) is 24.4 Å². The van der Waals surface area contributed by atoms with Crippen molar-refractivity contribution >= 4 is 15.7 Å². The lowest BCUT2D eigenvalue weighted by atomic mass is 9.99. The molecule has 3 aromatic rings. The van der Waals surface area contributed by atoms with Crippen molar-refractivity contribution in [1.29, 1.82) is 0 Å². The Morgan fingerprint density at radius 2 is 1.54 bits per heavy atom. The summed E-state index contributed by atoms with van der Waals surface area (Å²) in [5.41, 5.74) is 3.12. The highest BCUT2D eigenvalue weighted by Gasteiger charge is 2.33. The monoisotopic (exact) mass is 550 g/mol. The van der Waals surface area contributed by atoms with E-state index in [1.165, 1.54) is 32.1 Å². The van der Waals surface area contributed by atoms with E-state index >= 15 is 0 Å². The molecule has 5 rings (SSSR count). The van der Waals surface area contributed by atoms with Gasteiger partial charge in [-0.05, 0) is 61.3 Å². The molecule has 8 heteroatoms. The second-order valence-electron chi connectivity index (χ2n) is 10.5. The SMILES string of the molecule is O=S(=O)(Nc1cccc(C2OC(CN3CCCCCCC3)CC(c3ccc(CO)cc3)O2)c1)c1ccccc1. The first-order valence-electron chi connectivity index (χ1n) is 13.9. The van der Waals surface area contributed by atoms with Crippen molar-refractivity contribution in [2.24, 2.45) is 0 Å². The third kappa shape index (κ3) is 7.47. The zero-order valence-corrected chi connectivity index (χ0v) is 23.1. The van der Waals surface area contributed by atoms with Gasteiger partial charge in [-0.15, -0.1) is 0 Å². The summed E-state index contributed by atoms with van der Waals surface area (Å²) in [5.74, 6) is 0. The molecule has 2 N–H and O–H groups in total. The van der Waals surface area contributed by atoms with Gasteiger partial charge in [-0.25, -0.2) is 8.42 Å². The molecule has 0 saturated carbocycles. The predicted molar refractivity (Wildman–Crippen MR) is 152 cm³/mol. The molecule has 3 aromatic carbocycles. The van der Waals surface area contributed by atoms with Crippen molar-refractivity contribution in [1.82, 2.24) is 4.90 Å². The van der Waals surface area contributed by atoms with Crippen LogP contribution in [-0.4, -0.2) is 44.2 Å². The van der Waals surface area contributed by atoms with E-state index in [-0.39, 0.29) is 23.7 Å². The summed E-state index contributed by atoms with van der Waals surface area (Å²) in [6.07, 6.45) is 6.17. The van der Waals surface area contributed by atoms with Gasteiger partial charge in [-0.1, -0.05) is 73.9 Å². The summed E-state index contributed by atoms with van der Waals surface area (Å²) in [4.78, 5) is 2.72. The van der Waals surface area contributed by atoms with E-state index in [0.717, 1.165) is 42.7 Å². The minimum atomic E-state index is -3.72. The fourth-order valence-corrected chi connectivity index (χ4v) is 6.45. The van der Waals surface area contributed by atoms with Gasteiger partial charge in [0.2, 0.25) is 0 Å². The molecule has 208 valence electrons. The van der Waals surface area contributed by atoms with Crippen molar-refractivity contribution in [3.05, 3.63) is 95.6 Å². The van der Waals surface area contributed by atoms with Crippen molar-refractivity contribution < 1.29 is 23.0 Å². The molecule has 0 aliphatic carbocycles. The van der Waals surface area contributed by atoms with Crippen molar-refractivity contribution in [2.45, 2.75) is 68.5 Å². The first kappa shape index (κ1) is 27.8. The number of ether oxygens (including phenoxy) is 2. The van der Waals surface area contributed by atoms with Crippen molar-refractivity contribution in [3.63, 3.8) is 0 Å². The quantitative estimate of drug-likeness (QED) is 0.369. The zero-order valence-electron chi connectivity index (χ0n) is 22.2. The van der Waals surface area contributed by atoms with E-state index in [9.17, 15) is 13.5 Å². The summed E-state index contributed by atoms with van der Waals surface area (Å²) < 4.78 is 41.5. The molecular weight excluding hydrogens is 512 g/mol. The maximum absolute atomic E-state index is 12.9. The van der Waals surface area contributed by atoms with E-state index in [0.29, 0.717) is 5.69 Å². The number of sulfonamides is 1. The number of nitrogens with one attached hydrogen (secondary N) is 1. The molecule has 2 fully saturated rings. The number of aliphatic hydroxyl groups is 1. The Morgan fingerprint density at radius 3 is 2.26 bits per heavy atom. The normalized spacial score (nSPS) is 23.1. The van der Waals surface area contributed by atoms with Crippen LogP contribution in [0.4, 0.5) is 5.69 Å². The largest absolute Gasteiger partial charge is 0.392 e. The molecule has 0 amide bonds. The van der Waals surface area contributed by atoms with E-state index in [4.69, 9.17) is 9.47 Å². The minimum Gasteiger partial charge on any atom is -0.392 e. The zero-order chi connectivity index (χ0) is 27.1. The summed E-state index contributed by atoms with van der Waals surface area (Å²) in [7, 11) is -3.72. The molecule has 2 aliphatic rings. The number of likely N-dealkylation sites (tertiary alicyclic amines) is 1. The highest BCUT2D eigenvalue weighted by Crippen LogP contribution is 2.39. The lowest BCUT2D eigenvalue weighted by Crippen LogP contribution is -2.40. The molecule has 39 heavy (non-hydrogen) atoms. The number of nitrogens with zero attached hydrogens (tertiary/aromatic N) is 1. The first-order valence-corrected chi connectivity index (χ1v) is 15.4. The third-order valence-corrected chi connectivity index (χ3v) is 8.89. The third-order valence-electron chi connectivity index (χ3n) is 7.49. The van der Waals surface area contributed by atoms with Crippen molar-refractivity contribution in [3.8, 4) is 0 Å². The van der Waals surface area contributed by atoms with Gasteiger partial charge in [-0.2, -0.15) is 0 Å². The van der Waals surface area contributed by atoms with Crippen LogP contribution in [0, 0.1) is 0 Å². The van der Waals surface area contributed by atoms with Crippen LogP contribution in [0.5, 0.6) is 0 Å². The van der Waals surface area contributed by atoms with Crippen LogP contribution in [0.3, 0.4) is 0 Å². The van der Waals surface area contributed by atoms with Gasteiger partial charge in [0.05, 0.1) is 23.7 Å². The number of hydrogen-bond donors (Lipinski definition) is 2. The van der Waals surface area contributed by atoms with Gasteiger partial charge in [0.1, 0.15) is 0 Å². The van der Waals surface area contributed by atoms with Gasteiger partial charge < -0.3 is 19.5 Å². The molecule has 3 unspecified atom stereocenters. The molecule has 0 spiro atoms. The molecule has 3 atom stereocenters. The average molecular weight is 551 g/mol. The van der Waals surface area contributed by atoms with E-state index in [1.54, 1.807) is 42.5 Å². The van der Waals surface area contributed by atoms with Gasteiger partial charge in [0.25, 0.3) is 10.0 Å². The number of rotatable bonds is 8. The van der Waals surface area contributed by atoms with Crippen LogP contribution in [0.1, 0.15) is 67.6 Å². The van der Waals surface area contributed by atoms with Crippen LogP contribution < -0.4 is 4.72 Å². The Bertz CT molecular complexity index is 1290. The summed E-state index contributed by atoms with van der Waals surface area (Å²) >= 11 is 0. The van der Waals surface area contributed by atoms with Crippen LogP contribution in [0.2, 0.25) is 0 Å². The highest BCUT2D eigenvalue weighted by molar-refractivity contribution is 7.92. The molecule has 0 radical (unpaired) electrons. The van der Waals surface area contributed by atoms with Crippen LogP contribution in [-0.2, 0) is 26.1 Å². The van der Waals surface area contributed by atoms with E-state index < -0.39 is 16.3 Å². The lowest BCUT2D eigenvalue weighted by molar-refractivity contribution is -0.253. The number of aliphatic hydroxyl groups excluding tert-OH is 1. The minimum absolute atomic E-state index is 0.000800. The van der Waals surface area contributed by atoms with Crippen LogP contribution in [0.25, 0.3) is 0 Å². The number of hydrogen-bond acceptors (Lipinski definition) is 6. The Morgan fingerprint density at radius 1 is 0.821 bits per heavy atom. The molecule has 2 heterocycles. The van der Waals surface area contributed by atoms with E-state index in [1.807, 2.05) is 36.4 Å². The summed E-state index contributed by atoms with van der Waals surface area (Å²) in [5, 5.41) is 9.47. The second-order valence-corrected chi connectivity index (χ2v) is 12.1. The highest BCUT2D eigenvalue weighted by atomic mass is 32.2. The Hall–Kier alpha value is -2.75. The predicted octanol–water partition coefficient (Wildman–Crippen LogP) is 5.79. The topological polar surface area (TPSA) is 88.1 Å². The molecular formula is C31H38N2O5S. The Labute approximate surface area is 231 Å². The average Bonchev–Trinajstić information content (AvgIpc) is 2.95. The van der Waals surface area contributed by atoms with Gasteiger partial charge in [0, 0.05) is 24.2 Å². The maximum atomic E-state index is 12.9. The smallest absolute Gasteiger partial charge is 0.261 e. The first-order chi connectivity index (χ1) is 19.0. The molecule has 2 saturated heterocycles. The van der Waals surface area contributed by atoms with Crippen LogP contribution in [0.15, 0.2) is 83.8 Å². The fraction of sp³-hybridized carbons (Fsp3) is 0.419. The molecule has 0 aromatic heterocycles. The molecule has 2 aliphatic heterocycles. The second kappa shape index (κ2) is 13.1. The fourth-order valence-electron chi connectivity index (χ4n) is 5.38. The van der Waals surface area contributed by atoms with Gasteiger partial charge in [0.15, 0.2) is 6.29 Å². The van der Waals surface area contributed by atoms with Crippen LogP contribution >= 0.6 is 0 Å². The number of benzene rings is 3. The summed E-state index contributed by atoms with van der Waals surface area (Å²) in [6, 6.07) is 23.5. The standard InChI is InChI=1S/C31H38N2O5S/c34-23-24-14-16-25(17-15-24)30-21-28(22-33-18-7-2-1-3-8-19-33)37-31(38-30)26-10-9-11-27(20-26)32-39(35,36)29-12-5-4-6-13-29/h4-6,9-17,20,28,30-32,34H,1-3,7-8,18-19,21-23H2. The number of anilines is 1. The van der Waals surface area contributed by atoms with Gasteiger partial charge >= 0.3 is 0 Å². The Kier molecular flexibility index (Phi) is 9.32. The lowest BCUT2D eigenvalue weighted by Gasteiger charge is -2.39. The summed E-state index contributed by atoms with van der Waals surface area (Å²) in [6.45, 7) is 3.00. The molecule has 0 bridgehead atoms. The van der Waals surface area contributed by atoms with E-state index in [2.05, 4.69) is 9.62 Å². The molecule has 7 nitrogen and oxygen atoms in total. The Balaban J connectivity index is 1.37. The maximum Gasteiger partial charge on any atom is 0.261 e.